The first-order chi connectivity index (χ1) is 30.2. The van der Waals surface area contributed by atoms with Crippen molar-refractivity contribution in [2.24, 2.45) is 0 Å². The molecule has 8 N–H and O–H groups in total. The van der Waals surface area contributed by atoms with Crippen molar-refractivity contribution in [2.75, 3.05) is 0 Å². The zero-order valence-corrected chi connectivity index (χ0v) is 61.2. The van der Waals surface area contributed by atoms with Crippen molar-refractivity contribution in [3.63, 3.8) is 0 Å². The van der Waals surface area contributed by atoms with E-state index in [1.54, 1.807) is 0 Å². The van der Waals surface area contributed by atoms with E-state index in [4.69, 9.17) is 37.3 Å². The van der Waals surface area contributed by atoms with E-state index in [0.29, 0.717) is 0 Å². The van der Waals surface area contributed by atoms with Crippen LogP contribution in [-0.4, -0.2) is 79.2 Å². The molecule has 74 heavy (non-hydrogen) atoms. The number of halogens is 8. The standard InChI is InChI=1S/6C5H8N2.2CH2Cl3O3P.2ClHO4.2H2O.4Zn/c6*1-4-3-5(2)7-6-4;2*2-1(3,4)8(5,6)7;2*2-1(3,4)5;;;;;;/h6*3H,1-2H3,(H,6,7);2*(H2,5,6,7);2*(H,2,3,4,5);2*1H2;;;;/q;;;;;;;;;;;;4*+2/p-8. The molecule has 0 amide bonds. The predicted octanol–water partition coefficient (Wildman–Crippen LogP) is -3.26. The molecule has 42 heteroatoms. The van der Waals surface area contributed by atoms with Crippen LogP contribution in [0.3, 0.4) is 0 Å². The van der Waals surface area contributed by atoms with Crippen molar-refractivity contribution in [1.82, 2.24) is 61.2 Å². The number of hydrogen-bond acceptors (Lipinski definition) is 22. The Kier molecular flexibility index (Phi) is 60.7. The van der Waals surface area contributed by atoms with Gasteiger partial charge >= 0.3 is 77.9 Å². The summed E-state index contributed by atoms with van der Waals surface area (Å²) in [5, 5.41) is 40.3. The van der Waals surface area contributed by atoms with E-state index in [1.807, 2.05) is 119 Å². The minimum atomic E-state index is -5.05. The smallest absolute Gasteiger partial charge is 0.870 e. The van der Waals surface area contributed by atoms with Gasteiger partial charge in [0.1, 0.15) is 0 Å². The van der Waals surface area contributed by atoms with Gasteiger partial charge in [-0.15, -0.1) is 20.5 Å². The molecule has 0 aromatic carbocycles. The van der Waals surface area contributed by atoms with E-state index in [2.05, 4.69) is 131 Å². The second-order valence-electron chi connectivity index (χ2n) is 12.8. The molecule has 408 valence electrons. The van der Waals surface area contributed by atoms with Crippen LogP contribution in [0.15, 0.2) is 36.4 Å². The van der Waals surface area contributed by atoms with Gasteiger partial charge in [-0.2, -0.15) is 30.6 Å². The molecule has 28 nitrogen and oxygen atoms in total. The summed E-state index contributed by atoms with van der Waals surface area (Å²) in [6.07, 6.45) is 0. The topological polar surface area (TPSA) is 543 Å². The van der Waals surface area contributed by atoms with Gasteiger partial charge in [0, 0.05) is 34.2 Å². The largest absolute Gasteiger partial charge is 2.00 e. The number of aromatic nitrogens is 12. The zero-order chi connectivity index (χ0) is 54.7. The summed E-state index contributed by atoms with van der Waals surface area (Å²) in [4.78, 5) is 38.9. The minimum Gasteiger partial charge on any atom is -0.870 e. The fourth-order valence-electron chi connectivity index (χ4n) is 3.33. The summed E-state index contributed by atoms with van der Waals surface area (Å²) in [6, 6.07) is 12.0. The van der Waals surface area contributed by atoms with Crippen LogP contribution in [-0.2, 0) is 87.0 Å². The van der Waals surface area contributed by atoms with Crippen molar-refractivity contribution >= 4 is 84.8 Å². The van der Waals surface area contributed by atoms with Gasteiger partial charge in [0.15, 0.2) is 0 Å². The monoisotopic (exact) mass is 1460 g/mol. The Labute approximate surface area is 511 Å². The van der Waals surface area contributed by atoms with Crippen molar-refractivity contribution in [2.45, 2.75) is 90.2 Å². The van der Waals surface area contributed by atoms with Crippen LogP contribution >= 0.6 is 84.8 Å². The quantitative estimate of drug-likeness (QED) is 0.0494. The summed E-state index contributed by atoms with van der Waals surface area (Å²) in [6.45, 7) is 23.7. The number of aryl methyl sites for hydroxylation is 12. The van der Waals surface area contributed by atoms with Gasteiger partial charge in [-0.3, -0.25) is 30.6 Å². The average molecular weight is 1470 g/mol. The van der Waals surface area contributed by atoms with Crippen LogP contribution in [0.2, 0.25) is 0 Å². The molecule has 0 aliphatic rings. The third kappa shape index (κ3) is 70.0. The van der Waals surface area contributed by atoms with E-state index in [9.17, 15) is 28.7 Å². The molecule has 0 saturated heterocycles. The Hall–Kier alpha value is -0.0265. The first-order valence-electron chi connectivity index (χ1n) is 17.6. The molecule has 0 aliphatic carbocycles. The van der Waals surface area contributed by atoms with E-state index < -0.39 is 42.7 Å². The van der Waals surface area contributed by atoms with Crippen molar-refractivity contribution in [1.29, 1.82) is 0 Å². The van der Waals surface area contributed by atoms with E-state index in [-0.39, 0.29) is 88.9 Å². The fourth-order valence-corrected chi connectivity index (χ4v) is 3.33. The molecular weight excluding hydrogens is 1420 g/mol. The van der Waals surface area contributed by atoms with Gasteiger partial charge in [-0.05, 0) is 135 Å². The summed E-state index contributed by atoms with van der Waals surface area (Å²) in [5.74, 6) is 0. The molecule has 6 rings (SSSR count). The molecule has 0 bridgehead atoms. The van der Waals surface area contributed by atoms with Gasteiger partial charge < -0.3 is 39.7 Å². The Morgan fingerprint density at radius 1 is 0.351 bits per heavy atom. The molecule has 6 aromatic rings. The Balaban J connectivity index is -0.0000000764. The van der Waals surface area contributed by atoms with E-state index in [1.165, 1.54) is 0 Å². The fraction of sp³-hybridized carbons (Fsp3) is 0.438. The molecule has 0 aliphatic heterocycles. The maximum Gasteiger partial charge on any atom is 2.00 e. The van der Waals surface area contributed by atoms with Crippen LogP contribution in [0.1, 0.15) is 68.3 Å². The molecule has 0 atom stereocenters. The van der Waals surface area contributed by atoms with Crippen LogP contribution in [0.25, 0.3) is 0 Å². The average Bonchev–Trinajstić information content (AvgIpc) is 3.99. The maximum atomic E-state index is 9.73. The molecule has 0 spiro atoms. The van der Waals surface area contributed by atoms with Gasteiger partial charge in [-0.25, -0.2) is 37.3 Å². The van der Waals surface area contributed by atoms with Gasteiger partial charge in [-0.1, -0.05) is 69.6 Å². The second-order valence-corrected chi connectivity index (χ2v) is 23.8. The Bertz CT molecular complexity index is 1880. The number of nitrogens with one attached hydrogen (secondary N) is 6. The third-order valence-corrected chi connectivity index (χ3v) is 10.6. The maximum absolute atomic E-state index is 9.73. The molecule has 0 radical (unpaired) electrons. The number of alkyl halides is 6. The Morgan fingerprint density at radius 3 is 0.446 bits per heavy atom. The van der Waals surface area contributed by atoms with Crippen molar-refractivity contribution in [3.05, 3.63) is 105 Å². The van der Waals surface area contributed by atoms with Crippen molar-refractivity contribution < 1.29 is 175 Å². The number of aromatic amines is 6. The van der Waals surface area contributed by atoms with Crippen LogP contribution in [0.5, 0.6) is 0 Å². The summed E-state index contributed by atoms with van der Waals surface area (Å²) in [5.41, 5.74) is 13.1. The van der Waals surface area contributed by atoms with E-state index >= 15 is 0 Å². The molecule has 0 fully saturated rings. The van der Waals surface area contributed by atoms with Crippen LogP contribution in [0, 0.1) is 104 Å². The number of hydrogen-bond donors (Lipinski definition) is 6. The summed E-state index contributed by atoms with van der Waals surface area (Å²) in [7, 11) is -20.0. The minimum absolute atomic E-state index is 0. The zero-order valence-electron chi connectivity index (χ0n) is 41.5. The number of rotatable bonds is 0. The van der Waals surface area contributed by atoms with E-state index in [0.717, 1.165) is 68.3 Å². The second kappa shape index (κ2) is 46.7. The number of H-pyrrole nitrogens is 6. The first kappa shape index (κ1) is 96.3. The normalized spacial score (nSPS) is 10.0. The van der Waals surface area contributed by atoms with Gasteiger partial charge in [0.2, 0.25) is 7.07 Å². The number of nitrogens with zero attached hydrogens (tertiary/aromatic N) is 6. The molecular formula is C32H50Cl8N12O16P2Zn4. The third-order valence-electron chi connectivity index (χ3n) is 5.63. The van der Waals surface area contributed by atoms with Gasteiger partial charge in [0.25, 0.3) is 0 Å². The van der Waals surface area contributed by atoms with Crippen LogP contribution in [0.4, 0.5) is 0 Å². The molecule has 6 aromatic heterocycles. The first-order valence-corrected chi connectivity index (χ1v) is 25.4. The summed E-state index contributed by atoms with van der Waals surface area (Å²) < 4.78 is 82.0. The SMILES string of the molecule is Cc1cc(C)[nH]n1.Cc1cc(C)[nH]n1.Cc1cc(C)[nH]n1.Cc1cc(C)[nH]n1.Cc1cc(C)[nH]n1.Cc1cc(C)[nH]n1.O=P([O-])([O-])C(Cl)(Cl)Cl.O=P([O-])([O-])C(Cl)(Cl)Cl.[O-][Cl+3]([O-])([O-])[O-].[O-][Cl+3]([O-])([O-])[O-].[OH-].[OH-].[Zn+2].[Zn+2].[Zn+2].[Zn+2]. The molecule has 0 saturated carbocycles. The summed E-state index contributed by atoms with van der Waals surface area (Å²) >= 11 is 27.9. The van der Waals surface area contributed by atoms with Gasteiger partial charge in [0.05, 0.1) is 34.2 Å². The predicted molar refractivity (Wildman–Crippen MR) is 228 cm³/mol. The molecule has 6 heterocycles. The Morgan fingerprint density at radius 2 is 0.432 bits per heavy atom. The van der Waals surface area contributed by atoms with Crippen molar-refractivity contribution in [3.8, 4) is 0 Å². The van der Waals surface area contributed by atoms with Crippen LogP contribution < -0.4 is 56.8 Å². The molecule has 0 unspecified atom stereocenters.